The van der Waals surface area contributed by atoms with Crippen molar-refractivity contribution in [3.63, 3.8) is 0 Å². The lowest BCUT2D eigenvalue weighted by atomic mass is 9.91. The van der Waals surface area contributed by atoms with Crippen LogP contribution in [0.2, 0.25) is 0 Å². The molecule has 0 aromatic heterocycles. The largest absolute Gasteiger partial charge is 0.336 e. The number of carbonyl (C=O) groups excluding carboxylic acids is 1. The molecule has 2 nitrogen and oxygen atoms in total. The molecule has 1 amide bonds. The molecule has 1 aliphatic rings. The number of amides is 1. The van der Waals surface area contributed by atoms with E-state index in [-0.39, 0.29) is 5.91 Å². The smallest absolute Gasteiger partial charge is 0.254 e. The van der Waals surface area contributed by atoms with Crippen molar-refractivity contribution >= 4 is 21.8 Å². The molecular weight excluding hydrogens is 278 g/mol. The summed E-state index contributed by atoms with van der Waals surface area (Å²) in [6.45, 7) is 0.865. The van der Waals surface area contributed by atoms with E-state index in [2.05, 4.69) is 20.8 Å². The summed E-state index contributed by atoms with van der Waals surface area (Å²) in [5, 5.41) is 0.957. The first-order valence-corrected chi connectivity index (χ1v) is 7.37. The minimum atomic E-state index is 0.191. The van der Waals surface area contributed by atoms with Gasteiger partial charge in [-0.1, -0.05) is 34.1 Å². The highest BCUT2D eigenvalue weighted by atomic mass is 79.9. The van der Waals surface area contributed by atoms with Crippen LogP contribution in [-0.4, -0.2) is 28.7 Å². The van der Waals surface area contributed by atoms with Gasteiger partial charge in [-0.25, -0.2) is 0 Å². The fourth-order valence-electron chi connectivity index (χ4n) is 2.12. The number of hydrogen-bond acceptors (Lipinski definition) is 1. The predicted octanol–water partition coefficient (Wildman–Crippen LogP) is 3.47. The van der Waals surface area contributed by atoms with Gasteiger partial charge in [0.1, 0.15) is 0 Å². The van der Waals surface area contributed by atoms with Crippen molar-refractivity contribution in [3.8, 4) is 0 Å². The zero-order valence-corrected chi connectivity index (χ0v) is 11.5. The molecule has 1 fully saturated rings. The second-order valence-electron chi connectivity index (χ2n) is 4.49. The van der Waals surface area contributed by atoms with Gasteiger partial charge >= 0.3 is 0 Å². The Labute approximate surface area is 111 Å². The number of nitrogens with zero attached hydrogens (tertiary/aromatic N) is 1. The third-order valence-electron chi connectivity index (χ3n) is 3.33. The highest BCUT2D eigenvalue weighted by molar-refractivity contribution is 9.09. The van der Waals surface area contributed by atoms with E-state index in [1.807, 2.05) is 30.3 Å². The molecule has 3 heteroatoms. The van der Waals surface area contributed by atoms with Crippen LogP contribution >= 0.6 is 15.9 Å². The quantitative estimate of drug-likeness (QED) is 0.762. The van der Waals surface area contributed by atoms with Crippen LogP contribution in [0.3, 0.4) is 0 Å². The Kier molecular flexibility index (Phi) is 4.60. The third-order valence-corrected chi connectivity index (χ3v) is 3.89. The molecule has 1 saturated carbocycles. The third kappa shape index (κ3) is 3.09. The zero-order valence-electron chi connectivity index (χ0n) is 9.94. The van der Waals surface area contributed by atoms with Crippen molar-refractivity contribution < 1.29 is 4.79 Å². The Balaban J connectivity index is 2.06. The van der Waals surface area contributed by atoms with E-state index in [4.69, 9.17) is 0 Å². The minimum Gasteiger partial charge on any atom is -0.336 e. The molecule has 0 spiro atoms. The van der Waals surface area contributed by atoms with Gasteiger partial charge in [0.15, 0.2) is 0 Å². The zero-order chi connectivity index (χ0) is 12.1. The van der Waals surface area contributed by atoms with Gasteiger partial charge in [-0.3, -0.25) is 4.79 Å². The number of hydrogen-bond donors (Lipinski definition) is 0. The summed E-state index contributed by atoms with van der Waals surface area (Å²) < 4.78 is 0. The Morgan fingerprint density at radius 1 is 1.29 bits per heavy atom. The van der Waals surface area contributed by atoms with Crippen LogP contribution in [0.1, 0.15) is 36.0 Å². The lowest BCUT2D eigenvalue weighted by Gasteiger charge is -2.37. The molecule has 0 saturated heterocycles. The second-order valence-corrected chi connectivity index (χ2v) is 5.28. The van der Waals surface area contributed by atoms with E-state index in [0.29, 0.717) is 6.04 Å². The Bertz CT molecular complexity index is 362. The molecule has 0 radical (unpaired) electrons. The molecule has 2 rings (SSSR count). The maximum Gasteiger partial charge on any atom is 0.254 e. The maximum atomic E-state index is 12.4. The second kappa shape index (κ2) is 6.20. The Morgan fingerprint density at radius 3 is 2.53 bits per heavy atom. The van der Waals surface area contributed by atoms with Crippen LogP contribution in [0.15, 0.2) is 30.3 Å². The summed E-state index contributed by atoms with van der Waals surface area (Å²) in [4.78, 5) is 14.5. The van der Waals surface area contributed by atoms with Crippen LogP contribution in [0, 0.1) is 0 Å². The minimum absolute atomic E-state index is 0.191. The van der Waals surface area contributed by atoms with Crippen molar-refractivity contribution in [2.24, 2.45) is 0 Å². The number of rotatable bonds is 5. The van der Waals surface area contributed by atoms with Gasteiger partial charge in [-0.05, 0) is 37.8 Å². The fourth-order valence-corrected chi connectivity index (χ4v) is 2.38. The average molecular weight is 296 g/mol. The summed E-state index contributed by atoms with van der Waals surface area (Å²) in [5.74, 6) is 0.191. The predicted molar refractivity (Wildman–Crippen MR) is 73.5 cm³/mol. The molecular formula is C14H18BrNO. The van der Waals surface area contributed by atoms with Crippen molar-refractivity contribution in [2.75, 3.05) is 11.9 Å². The van der Waals surface area contributed by atoms with Gasteiger partial charge in [0.2, 0.25) is 0 Å². The van der Waals surface area contributed by atoms with Gasteiger partial charge in [0.25, 0.3) is 5.91 Å². The lowest BCUT2D eigenvalue weighted by molar-refractivity contribution is 0.0581. The standard InChI is InChI=1S/C14H18BrNO/c15-10-5-11-16(13-8-4-9-13)14(17)12-6-2-1-3-7-12/h1-3,6-7,13H,4-5,8-11H2. The summed E-state index contributed by atoms with van der Waals surface area (Å²) in [5.41, 5.74) is 0.814. The van der Waals surface area contributed by atoms with Crippen molar-refractivity contribution in [1.29, 1.82) is 0 Å². The molecule has 92 valence electrons. The SMILES string of the molecule is O=C(c1ccccc1)N(CCCBr)C1CCC1. The number of halogens is 1. The molecule has 0 heterocycles. The summed E-state index contributed by atoms with van der Waals surface area (Å²) in [6, 6.07) is 10.1. The number of carbonyl (C=O) groups is 1. The van der Waals surface area contributed by atoms with E-state index in [0.717, 1.165) is 23.9 Å². The van der Waals surface area contributed by atoms with E-state index < -0.39 is 0 Å². The molecule has 17 heavy (non-hydrogen) atoms. The van der Waals surface area contributed by atoms with Gasteiger partial charge in [-0.15, -0.1) is 0 Å². The van der Waals surface area contributed by atoms with Gasteiger partial charge in [-0.2, -0.15) is 0 Å². The number of benzene rings is 1. The molecule has 0 aliphatic heterocycles. The Morgan fingerprint density at radius 2 is 2.00 bits per heavy atom. The molecule has 0 atom stereocenters. The monoisotopic (exact) mass is 295 g/mol. The average Bonchev–Trinajstić information content (AvgIpc) is 2.32. The van der Waals surface area contributed by atoms with Gasteiger partial charge in [0, 0.05) is 23.5 Å². The Hall–Kier alpha value is -0.830. The molecule has 0 N–H and O–H groups in total. The topological polar surface area (TPSA) is 20.3 Å². The van der Waals surface area contributed by atoms with E-state index in [9.17, 15) is 4.79 Å². The van der Waals surface area contributed by atoms with Crippen molar-refractivity contribution in [3.05, 3.63) is 35.9 Å². The highest BCUT2D eigenvalue weighted by Crippen LogP contribution is 2.26. The van der Waals surface area contributed by atoms with Crippen LogP contribution in [0.5, 0.6) is 0 Å². The molecule has 0 bridgehead atoms. The van der Waals surface area contributed by atoms with Crippen molar-refractivity contribution in [1.82, 2.24) is 4.90 Å². The van der Waals surface area contributed by atoms with Gasteiger partial charge in [0.05, 0.1) is 0 Å². The highest BCUT2D eigenvalue weighted by Gasteiger charge is 2.28. The summed E-state index contributed by atoms with van der Waals surface area (Å²) in [6.07, 6.45) is 4.62. The molecule has 1 aromatic carbocycles. The fraction of sp³-hybridized carbons (Fsp3) is 0.500. The first-order chi connectivity index (χ1) is 8.33. The van der Waals surface area contributed by atoms with E-state index in [1.54, 1.807) is 0 Å². The van der Waals surface area contributed by atoms with Crippen LogP contribution in [-0.2, 0) is 0 Å². The van der Waals surface area contributed by atoms with E-state index >= 15 is 0 Å². The molecule has 1 aromatic rings. The number of alkyl halides is 1. The summed E-state index contributed by atoms with van der Waals surface area (Å²) in [7, 11) is 0. The van der Waals surface area contributed by atoms with Crippen LogP contribution in [0.4, 0.5) is 0 Å². The normalized spacial score (nSPS) is 15.4. The maximum absolute atomic E-state index is 12.4. The van der Waals surface area contributed by atoms with Crippen LogP contribution < -0.4 is 0 Å². The van der Waals surface area contributed by atoms with Crippen LogP contribution in [0.25, 0.3) is 0 Å². The van der Waals surface area contributed by atoms with E-state index in [1.165, 1.54) is 19.3 Å². The first kappa shape index (κ1) is 12.6. The summed E-state index contributed by atoms with van der Waals surface area (Å²) >= 11 is 3.43. The first-order valence-electron chi connectivity index (χ1n) is 6.25. The lowest BCUT2D eigenvalue weighted by Crippen LogP contribution is -2.44. The van der Waals surface area contributed by atoms with Gasteiger partial charge < -0.3 is 4.90 Å². The molecule has 1 aliphatic carbocycles. The van der Waals surface area contributed by atoms with Crippen molar-refractivity contribution in [2.45, 2.75) is 31.7 Å². The molecule has 0 unspecified atom stereocenters.